The Hall–Kier alpha value is -1.55. The van der Waals surface area contributed by atoms with Crippen molar-refractivity contribution in [3.63, 3.8) is 0 Å². The van der Waals surface area contributed by atoms with Crippen molar-refractivity contribution in [2.24, 2.45) is 11.8 Å². The Bertz CT molecular complexity index is 894. The summed E-state index contributed by atoms with van der Waals surface area (Å²) in [4.78, 5) is 36.0. The average molecular weight is 594 g/mol. The number of rotatable bonds is 19. The van der Waals surface area contributed by atoms with Crippen LogP contribution in [0.2, 0.25) is 0 Å². The van der Waals surface area contributed by atoms with Crippen LogP contribution in [0.25, 0.3) is 0 Å². The molecular formula is C32H59N5O3S. The van der Waals surface area contributed by atoms with Gasteiger partial charge in [0.1, 0.15) is 16.8 Å². The maximum Gasteiger partial charge on any atom is 0.270 e. The van der Waals surface area contributed by atoms with Gasteiger partial charge in [-0.2, -0.15) is 0 Å². The number of nitrogens with zero attached hydrogens (tertiary/aromatic N) is 3. The molecule has 1 aliphatic rings. The van der Waals surface area contributed by atoms with Crippen molar-refractivity contribution in [3.05, 3.63) is 16.1 Å². The highest BCUT2D eigenvalue weighted by atomic mass is 32.1. The molecule has 8 nitrogen and oxygen atoms in total. The monoisotopic (exact) mass is 593 g/mol. The molecule has 0 bridgehead atoms. The lowest BCUT2D eigenvalue weighted by molar-refractivity contribution is -0.139. The van der Waals surface area contributed by atoms with Gasteiger partial charge in [-0.3, -0.25) is 9.59 Å². The number of likely N-dealkylation sites (N-methyl/N-ethyl adjacent to an activating group) is 1. The molecule has 1 aromatic heterocycles. The van der Waals surface area contributed by atoms with E-state index in [-0.39, 0.29) is 41.8 Å². The van der Waals surface area contributed by atoms with E-state index in [0.29, 0.717) is 24.8 Å². The van der Waals surface area contributed by atoms with E-state index in [2.05, 4.69) is 67.1 Å². The van der Waals surface area contributed by atoms with Gasteiger partial charge in [-0.15, -0.1) is 11.3 Å². The molecule has 2 N–H and O–H groups in total. The van der Waals surface area contributed by atoms with E-state index in [0.717, 1.165) is 50.3 Å². The van der Waals surface area contributed by atoms with Crippen LogP contribution >= 0.6 is 11.3 Å². The molecule has 0 saturated carbocycles. The van der Waals surface area contributed by atoms with Crippen molar-refractivity contribution in [2.75, 3.05) is 40.3 Å². The zero-order chi connectivity index (χ0) is 30.4. The van der Waals surface area contributed by atoms with Gasteiger partial charge in [0.25, 0.3) is 5.91 Å². The fraction of sp³-hybridized carbons (Fsp3) is 0.844. The minimum Gasteiger partial charge on any atom is -0.371 e. The third-order valence-electron chi connectivity index (χ3n) is 8.76. The summed E-state index contributed by atoms with van der Waals surface area (Å²) in [5.74, 6) is 0.503. The minimum absolute atomic E-state index is 0.00117. The standard InChI is InChI=1S/C32H59N5O3S/c1-9-12-13-15-19-37(32(39)29(24(6)10-2)34-21-25-17-14-16-18-36(25)8)27(23(4)5)20-28(40-11-3)31-35-26(22-41-31)30(38)33-7/h22-25,27-29,34H,9-21H2,1-8H3,(H,33,38)/t24-,25?,27+,28+,29-/m0/s1. The number of carbonyl (C=O) groups excluding carboxylic acids is 2. The summed E-state index contributed by atoms with van der Waals surface area (Å²) in [6, 6.07) is 0.260. The van der Waals surface area contributed by atoms with Gasteiger partial charge in [0.2, 0.25) is 5.91 Å². The highest BCUT2D eigenvalue weighted by Crippen LogP contribution is 2.31. The summed E-state index contributed by atoms with van der Waals surface area (Å²) in [5, 5.41) is 9.01. The SMILES string of the molecule is CCCCCCN(C(=O)[C@@H](NCC1CCCCN1C)[C@@H](C)CC)[C@H](C[C@@H](OCC)c1nc(C(=O)NC)cs1)C(C)C. The maximum absolute atomic E-state index is 14.6. The first kappa shape index (κ1) is 35.6. The van der Waals surface area contributed by atoms with E-state index in [9.17, 15) is 9.59 Å². The first-order valence-electron chi connectivity index (χ1n) is 16.2. The molecule has 0 radical (unpaired) electrons. The zero-order valence-electron chi connectivity index (χ0n) is 27.2. The Balaban J connectivity index is 2.35. The van der Waals surface area contributed by atoms with Crippen LogP contribution in [0.1, 0.15) is 121 Å². The highest BCUT2D eigenvalue weighted by Gasteiger charge is 2.36. The Kier molecular flexibility index (Phi) is 16.4. The second kappa shape index (κ2) is 18.9. The second-order valence-electron chi connectivity index (χ2n) is 12.1. The number of carbonyl (C=O) groups is 2. The first-order valence-corrected chi connectivity index (χ1v) is 17.1. The Morgan fingerprint density at radius 2 is 1.93 bits per heavy atom. The molecule has 1 saturated heterocycles. The number of likely N-dealkylation sites (tertiary alicyclic amines) is 1. The van der Waals surface area contributed by atoms with Crippen molar-refractivity contribution >= 4 is 23.2 Å². The van der Waals surface area contributed by atoms with Crippen LogP contribution in [0, 0.1) is 11.8 Å². The smallest absolute Gasteiger partial charge is 0.270 e. The fourth-order valence-electron chi connectivity index (χ4n) is 5.85. The van der Waals surface area contributed by atoms with E-state index in [1.807, 2.05) is 6.92 Å². The van der Waals surface area contributed by atoms with Crippen molar-refractivity contribution in [3.8, 4) is 0 Å². The molecule has 5 atom stereocenters. The van der Waals surface area contributed by atoms with Crippen LogP contribution in [0.5, 0.6) is 0 Å². The number of nitrogens with one attached hydrogen (secondary N) is 2. The van der Waals surface area contributed by atoms with Gasteiger partial charge in [-0.05, 0) is 51.6 Å². The predicted octanol–water partition coefficient (Wildman–Crippen LogP) is 5.89. The van der Waals surface area contributed by atoms with E-state index in [1.54, 1.807) is 12.4 Å². The van der Waals surface area contributed by atoms with E-state index < -0.39 is 0 Å². The predicted molar refractivity (Wildman–Crippen MR) is 170 cm³/mol. The molecule has 236 valence electrons. The summed E-state index contributed by atoms with van der Waals surface area (Å²) >= 11 is 1.46. The molecule has 1 aromatic rings. The van der Waals surface area contributed by atoms with E-state index in [4.69, 9.17) is 4.74 Å². The topological polar surface area (TPSA) is 86.8 Å². The Morgan fingerprint density at radius 1 is 1.17 bits per heavy atom. The van der Waals surface area contributed by atoms with Crippen molar-refractivity contribution in [2.45, 2.75) is 124 Å². The van der Waals surface area contributed by atoms with Crippen LogP contribution in [0.4, 0.5) is 0 Å². The second-order valence-corrected chi connectivity index (χ2v) is 13.0. The van der Waals surface area contributed by atoms with Gasteiger partial charge < -0.3 is 25.2 Å². The minimum atomic E-state index is -0.271. The molecule has 9 heteroatoms. The molecule has 41 heavy (non-hydrogen) atoms. The molecule has 2 rings (SSSR count). The summed E-state index contributed by atoms with van der Waals surface area (Å²) in [6.07, 6.45) is 9.50. The quantitative estimate of drug-likeness (QED) is 0.195. The molecule has 0 aliphatic carbocycles. The zero-order valence-corrected chi connectivity index (χ0v) is 28.0. The van der Waals surface area contributed by atoms with Gasteiger partial charge in [0.05, 0.1) is 6.04 Å². The number of hydrogen-bond donors (Lipinski definition) is 2. The van der Waals surface area contributed by atoms with Gasteiger partial charge in [-0.25, -0.2) is 4.98 Å². The number of unbranched alkanes of at least 4 members (excludes halogenated alkanes) is 3. The largest absolute Gasteiger partial charge is 0.371 e. The van der Waals surface area contributed by atoms with Gasteiger partial charge in [-0.1, -0.05) is 66.7 Å². The number of amides is 2. The number of hydrogen-bond acceptors (Lipinski definition) is 7. The number of ether oxygens (including phenoxy) is 1. The fourth-order valence-corrected chi connectivity index (χ4v) is 6.71. The van der Waals surface area contributed by atoms with E-state index in [1.165, 1.54) is 37.0 Å². The normalized spacial score (nSPS) is 19.1. The van der Waals surface area contributed by atoms with Crippen molar-refractivity contribution in [1.82, 2.24) is 25.4 Å². The molecule has 1 aliphatic heterocycles. The van der Waals surface area contributed by atoms with Crippen LogP contribution in [-0.2, 0) is 9.53 Å². The molecule has 0 spiro atoms. The summed E-state index contributed by atoms with van der Waals surface area (Å²) < 4.78 is 6.23. The van der Waals surface area contributed by atoms with Gasteiger partial charge in [0.15, 0.2) is 0 Å². The lowest BCUT2D eigenvalue weighted by Gasteiger charge is -2.40. The Morgan fingerprint density at radius 3 is 2.54 bits per heavy atom. The third kappa shape index (κ3) is 10.9. The lowest BCUT2D eigenvalue weighted by atomic mass is 9.91. The van der Waals surface area contributed by atoms with E-state index >= 15 is 0 Å². The molecule has 1 unspecified atom stereocenters. The van der Waals surface area contributed by atoms with Crippen LogP contribution in [0.3, 0.4) is 0 Å². The molecular weight excluding hydrogens is 534 g/mol. The summed E-state index contributed by atoms with van der Waals surface area (Å²) in [6.45, 7) is 16.3. The highest BCUT2D eigenvalue weighted by molar-refractivity contribution is 7.09. The molecule has 0 aromatic carbocycles. The van der Waals surface area contributed by atoms with Crippen molar-refractivity contribution in [1.29, 1.82) is 0 Å². The lowest BCUT2D eigenvalue weighted by Crippen LogP contribution is -2.56. The first-order chi connectivity index (χ1) is 19.7. The average Bonchev–Trinajstić information content (AvgIpc) is 3.46. The Labute approximate surface area is 254 Å². The van der Waals surface area contributed by atoms with Crippen molar-refractivity contribution < 1.29 is 14.3 Å². The van der Waals surface area contributed by atoms with Crippen LogP contribution in [0.15, 0.2) is 5.38 Å². The number of thiazole rings is 1. The van der Waals surface area contributed by atoms with Gasteiger partial charge in [0, 0.05) is 50.6 Å². The molecule has 2 heterocycles. The summed E-state index contributed by atoms with van der Waals surface area (Å²) in [7, 11) is 3.83. The summed E-state index contributed by atoms with van der Waals surface area (Å²) in [5.41, 5.74) is 0.416. The number of aromatic nitrogens is 1. The third-order valence-corrected chi connectivity index (χ3v) is 9.70. The molecule has 2 amide bonds. The van der Waals surface area contributed by atoms with Gasteiger partial charge >= 0.3 is 0 Å². The maximum atomic E-state index is 14.6. The number of piperidine rings is 1. The van der Waals surface area contributed by atoms with Crippen LogP contribution in [-0.4, -0.2) is 85.1 Å². The van der Waals surface area contributed by atoms with Crippen LogP contribution < -0.4 is 10.6 Å². The molecule has 1 fully saturated rings.